The molecule has 2 rings (SSSR count). The van der Waals surface area contributed by atoms with Crippen LogP contribution in [-0.4, -0.2) is 22.2 Å². The number of rotatable bonds is 3. The van der Waals surface area contributed by atoms with Gasteiger partial charge < -0.3 is 5.32 Å². The Balaban J connectivity index is 2.17. The van der Waals surface area contributed by atoms with E-state index in [0.29, 0.717) is 11.1 Å². The zero-order chi connectivity index (χ0) is 14.7. The Morgan fingerprint density at radius 3 is 2.75 bits per heavy atom. The number of hydrogen-bond donors (Lipinski definition) is 1. The maximum absolute atomic E-state index is 12.3. The topological polar surface area (TPSA) is 72.2 Å². The van der Waals surface area contributed by atoms with Crippen LogP contribution in [0.15, 0.2) is 18.2 Å². The van der Waals surface area contributed by atoms with Crippen LogP contribution < -0.4 is 5.32 Å². The van der Waals surface area contributed by atoms with Crippen LogP contribution in [-0.2, 0) is 0 Å². The maximum Gasteiger partial charge on any atom is 0.273 e. The fourth-order valence-electron chi connectivity index (χ4n) is 2.56. The largest absolute Gasteiger partial charge is 0.348 e. The lowest BCUT2D eigenvalue weighted by Gasteiger charge is -2.28. The summed E-state index contributed by atoms with van der Waals surface area (Å²) in [6.07, 6.45) is 3.87. The molecule has 1 aromatic rings. The predicted molar refractivity (Wildman–Crippen MR) is 77.2 cm³/mol. The van der Waals surface area contributed by atoms with E-state index in [-0.39, 0.29) is 23.0 Å². The number of nitro benzene ring substituents is 1. The average Bonchev–Trinajstić information content (AvgIpc) is 2.41. The fraction of sp³-hybridized carbons (Fsp3) is 0.500. The van der Waals surface area contributed by atoms with Crippen LogP contribution in [0.1, 0.15) is 41.6 Å². The molecule has 0 bridgehead atoms. The highest BCUT2D eigenvalue weighted by Gasteiger charge is 2.26. The van der Waals surface area contributed by atoms with Gasteiger partial charge in [-0.3, -0.25) is 14.9 Å². The number of amides is 1. The van der Waals surface area contributed by atoms with Crippen LogP contribution in [0.3, 0.4) is 0 Å². The Kier molecular flexibility index (Phi) is 4.60. The first-order chi connectivity index (χ1) is 9.50. The van der Waals surface area contributed by atoms with Gasteiger partial charge in [0.15, 0.2) is 0 Å². The van der Waals surface area contributed by atoms with Crippen LogP contribution >= 0.6 is 11.6 Å². The molecule has 1 fully saturated rings. The van der Waals surface area contributed by atoms with Gasteiger partial charge in [0, 0.05) is 23.2 Å². The summed E-state index contributed by atoms with van der Waals surface area (Å²) >= 11 is 6.21. The molecule has 1 aliphatic carbocycles. The van der Waals surface area contributed by atoms with E-state index < -0.39 is 4.92 Å². The molecule has 108 valence electrons. The number of benzene rings is 1. The molecule has 1 amide bonds. The standard InChI is InChI=1S/C14H17ClN2O3/c1-9-10(5-4-8-13(9)17(19)20)14(18)16-12-7-3-2-6-11(12)15/h4-5,8,11-12H,2-3,6-7H2,1H3,(H,16,18). The summed E-state index contributed by atoms with van der Waals surface area (Å²) in [5, 5.41) is 13.7. The van der Waals surface area contributed by atoms with Crippen molar-refractivity contribution in [3.05, 3.63) is 39.4 Å². The fourth-order valence-corrected chi connectivity index (χ4v) is 2.90. The second kappa shape index (κ2) is 6.22. The quantitative estimate of drug-likeness (QED) is 0.529. The first kappa shape index (κ1) is 14.8. The molecular formula is C14H17ClN2O3. The zero-order valence-electron chi connectivity index (χ0n) is 11.3. The highest BCUT2D eigenvalue weighted by atomic mass is 35.5. The van der Waals surface area contributed by atoms with Crippen molar-refractivity contribution in [1.29, 1.82) is 0 Å². The van der Waals surface area contributed by atoms with Crippen LogP contribution in [0.5, 0.6) is 0 Å². The van der Waals surface area contributed by atoms with E-state index >= 15 is 0 Å². The summed E-state index contributed by atoms with van der Waals surface area (Å²) in [7, 11) is 0. The Labute approximate surface area is 122 Å². The molecule has 1 aliphatic rings. The lowest BCUT2D eigenvalue weighted by Crippen LogP contribution is -2.43. The Bertz CT molecular complexity index is 533. The summed E-state index contributed by atoms with van der Waals surface area (Å²) in [5.41, 5.74) is 0.689. The molecule has 2 unspecified atom stereocenters. The zero-order valence-corrected chi connectivity index (χ0v) is 12.0. The molecule has 0 spiro atoms. The van der Waals surface area contributed by atoms with Gasteiger partial charge in [-0.1, -0.05) is 18.9 Å². The molecule has 5 nitrogen and oxygen atoms in total. The van der Waals surface area contributed by atoms with Gasteiger partial charge in [-0.2, -0.15) is 0 Å². The molecule has 0 heterocycles. The van der Waals surface area contributed by atoms with Crippen LogP contribution in [0, 0.1) is 17.0 Å². The predicted octanol–water partition coefficient (Wildman–Crippen LogP) is 3.18. The third-order valence-electron chi connectivity index (χ3n) is 3.74. The summed E-state index contributed by atoms with van der Waals surface area (Å²) in [4.78, 5) is 22.7. The van der Waals surface area contributed by atoms with Gasteiger partial charge >= 0.3 is 0 Å². The molecule has 0 aromatic heterocycles. The van der Waals surface area contributed by atoms with Gasteiger partial charge in [0.1, 0.15) is 0 Å². The monoisotopic (exact) mass is 296 g/mol. The molecule has 0 saturated heterocycles. The number of alkyl halides is 1. The van der Waals surface area contributed by atoms with Gasteiger partial charge in [0.2, 0.25) is 0 Å². The van der Waals surface area contributed by atoms with Crippen molar-refractivity contribution >= 4 is 23.2 Å². The van der Waals surface area contributed by atoms with Gasteiger partial charge in [-0.15, -0.1) is 11.6 Å². The third kappa shape index (κ3) is 3.10. The molecule has 20 heavy (non-hydrogen) atoms. The van der Waals surface area contributed by atoms with Gasteiger partial charge in [0.25, 0.3) is 11.6 Å². The minimum atomic E-state index is -0.475. The van der Waals surface area contributed by atoms with E-state index in [1.165, 1.54) is 12.1 Å². The summed E-state index contributed by atoms with van der Waals surface area (Å²) in [5.74, 6) is -0.288. The molecule has 1 saturated carbocycles. The van der Waals surface area contributed by atoms with Crippen molar-refractivity contribution in [3.63, 3.8) is 0 Å². The number of carbonyl (C=O) groups is 1. The molecule has 1 N–H and O–H groups in total. The first-order valence-electron chi connectivity index (χ1n) is 6.69. The Hall–Kier alpha value is -1.62. The number of nitrogens with zero attached hydrogens (tertiary/aromatic N) is 1. The number of carbonyl (C=O) groups excluding carboxylic acids is 1. The van der Waals surface area contributed by atoms with Crippen LogP contribution in [0.4, 0.5) is 5.69 Å². The van der Waals surface area contributed by atoms with Gasteiger partial charge in [-0.05, 0) is 25.8 Å². The van der Waals surface area contributed by atoms with Crippen LogP contribution in [0.2, 0.25) is 0 Å². The number of hydrogen-bond acceptors (Lipinski definition) is 3. The Morgan fingerprint density at radius 2 is 2.10 bits per heavy atom. The van der Waals surface area contributed by atoms with Crippen molar-refractivity contribution < 1.29 is 9.72 Å². The lowest BCUT2D eigenvalue weighted by atomic mass is 9.94. The second-order valence-corrected chi connectivity index (χ2v) is 5.65. The smallest absolute Gasteiger partial charge is 0.273 e. The highest BCUT2D eigenvalue weighted by Crippen LogP contribution is 2.25. The van der Waals surface area contributed by atoms with E-state index in [2.05, 4.69) is 5.32 Å². The van der Waals surface area contributed by atoms with Crippen molar-refractivity contribution in [3.8, 4) is 0 Å². The van der Waals surface area contributed by atoms with E-state index in [9.17, 15) is 14.9 Å². The van der Waals surface area contributed by atoms with E-state index in [0.717, 1.165) is 25.7 Å². The minimum Gasteiger partial charge on any atom is -0.348 e. The van der Waals surface area contributed by atoms with Gasteiger partial charge in [0.05, 0.1) is 10.3 Å². The Morgan fingerprint density at radius 1 is 1.40 bits per heavy atom. The second-order valence-electron chi connectivity index (χ2n) is 5.09. The van der Waals surface area contributed by atoms with Crippen molar-refractivity contribution in [2.75, 3.05) is 0 Å². The molecule has 2 atom stereocenters. The van der Waals surface area contributed by atoms with E-state index in [1.807, 2.05) is 0 Å². The van der Waals surface area contributed by atoms with Crippen molar-refractivity contribution in [2.45, 2.75) is 44.0 Å². The van der Waals surface area contributed by atoms with E-state index in [4.69, 9.17) is 11.6 Å². The molecular weight excluding hydrogens is 280 g/mol. The third-order valence-corrected chi connectivity index (χ3v) is 4.27. The molecule has 0 radical (unpaired) electrons. The normalized spacial score (nSPS) is 22.3. The average molecular weight is 297 g/mol. The summed E-state index contributed by atoms with van der Waals surface area (Å²) in [6.45, 7) is 1.59. The summed E-state index contributed by atoms with van der Waals surface area (Å²) < 4.78 is 0. The van der Waals surface area contributed by atoms with E-state index in [1.54, 1.807) is 13.0 Å². The number of nitrogens with one attached hydrogen (secondary N) is 1. The molecule has 1 aromatic carbocycles. The molecule has 0 aliphatic heterocycles. The van der Waals surface area contributed by atoms with Crippen molar-refractivity contribution in [2.24, 2.45) is 0 Å². The van der Waals surface area contributed by atoms with Crippen molar-refractivity contribution in [1.82, 2.24) is 5.32 Å². The maximum atomic E-state index is 12.3. The number of halogens is 1. The lowest BCUT2D eigenvalue weighted by molar-refractivity contribution is -0.385. The SMILES string of the molecule is Cc1c(C(=O)NC2CCCCC2Cl)cccc1[N+](=O)[O-]. The first-order valence-corrected chi connectivity index (χ1v) is 7.13. The van der Waals surface area contributed by atoms with Crippen LogP contribution in [0.25, 0.3) is 0 Å². The number of nitro groups is 1. The minimum absolute atomic E-state index is 0.0382. The summed E-state index contributed by atoms with van der Waals surface area (Å²) in [6, 6.07) is 4.47. The highest BCUT2D eigenvalue weighted by molar-refractivity contribution is 6.21. The molecule has 6 heteroatoms. The van der Waals surface area contributed by atoms with Gasteiger partial charge in [-0.25, -0.2) is 0 Å².